The van der Waals surface area contributed by atoms with Gasteiger partial charge in [-0.3, -0.25) is 4.79 Å². The molecule has 17 heavy (non-hydrogen) atoms. The molecule has 0 aliphatic heterocycles. The highest BCUT2D eigenvalue weighted by Crippen LogP contribution is 2.13. The summed E-state index contributed by atoms with van der Waals surface area (Å²) >= 11 is 3.38. The summed E-state index contributed by atoms with van der Waals surface area (Å²) in [7, 11) is 0. The molecule has 1 aromatic heterocycles. The predicted octanol–water partition coefficient (Wildman–Crippen LogP) is 3.28. The van der Waals surface area contributed by atoms with Crippen molar-refractivity contribution in [2.45, 2.75) is 20.4 Å². The molecule has 0 amide bonds. The van der Waals surface area contributed by atoms with Gasteiger partial charge in [0.2, 0.25) is 0 Å². The van der Waals surface area contributed by atoms with Crippen LogP contribution in [0.3, 0.4) is 0 Å². The Morgan fingerprint density at radius 1 is 1.18 bits per heavy atom. The van der Waals surface area contributed by atoms with Crippen molar-refractivity contribution in [1.82, 2.24) is 4.57 Å². The van der Waals surface area contributed by atoms with Crippen molar-refractivity contribution in [3.8, 4) is 0 Å². The van der Waals surface area contributed by atoms with Gasteiger partial charge in [0.15, 0.2) is 0 Å². The smallest absolute Gasteiger partial charge is 0.250 e. The molecule has 2 rings (SSSR count). The van der Waals surface area contributed by atoms with Crippen LogP contribution in [-0.4, -0.2) is 4.57 Å². The number of nitrogens with zero attached hydrogens (tertiary/aromatic N) is 1. The topological polar surface area (TPSA) is 22.0 Å². The molecule has 0 saturated carbocycles. The first-order valence-electron chi connectivity index (χ1n) is 5.48. The molecule has 88 valence electrons. The number of rotatable bonds is 2. The van der Waals surface area contributed by atoms with Crippen molar-refractivity contribution in [3.63, 3.8) is 0 Å². The third-order valence-corrected chi connectivity index (χ3v) is 3.26. The summed E-state index contributed by atoms with van der Waals surface area (Å²) in [5.41, 5.74) is 3.63. The number of hydrogen-bond acceptors (Lipinski definition) is 1. The molecule has 1 aromatic carbocycles. The first-order chi connectivity index (χ1) is 8.06. The largest absolute Gasteiger partial charge is 0.310 e. The van der Waals surface area contributed by atoms with Crippen LogP contribution in [0.4, 0.5) is 0 Å². The van der Waals surface area contributed by atoms with Gasteiger partial charge in [0, 0.05) is 16.7 Å². The van der Waals surface area contributed by atoms with Gasteiger partial charge in [-0.05, 0) is 47.0 Å². The van der Waals surface area contributed by atoms with E-state index in [2.05, 4.69) is 48.0 Å². The summed E-state index contributed by atoms with van der Waals surface area (Å²) in [5, 5.41) is 0. The van der Waals surface area contributed by atoms with E-state index in [0.717, 1.165) is 4.47 Å². The molecule has 0 aliphatic carbocycles. The Labute approximate surface area is 109 Å². The summed E-state index contributed by atoms with van der Waals surface area (Å²) in [6.07, 6.45) is 1.82. The summed E-state index contributed by atoms with van der Waals surface area (Å²) in [5.74, 6) is 0. The van der Waals surface area contributed by atoms with E-state index in [1.807, 2.05) is 6.20 Å². The van der Waals surface area contributed by atoms with Gasteiger partial charge in [-0.2, -0.15) is 0 Å². The number of aryl methyl sites for hydroxylation is 2. The van der Waals surface area contributed by atoms with Crippen LogP contribution in [0.5, 0.6) is 0 Å². The van der Waals surface area contributed by atoms with Gasteiger partial charge in [-0.25, -0.2) is 0 Å². The molecule has 0 unspecified atom stereocenters. The van der Waals surface area contributed by atoms with Crippen molar-refractivity contribution in [2.75, 3.05) is 0 Å². The second kappa shape index (κ2) is 4.88. The highest BCUT2D eigenvalue weighted by Gasteiger charge is 2.02. The fourth-order valence-electron chi connectivity index (χ4n) is 1.78. The minimum absolute atomic E-state index is 0.0223. The number of pyridine rings is 1. The number of halogens is 1. The van der Waals surface area contributed by atoms with Crippen LogP contribution in [0, 0.1) is 13.8 Å². The van der Waals surface area contributed by atoms with Crippen LogP contribution in [0.15, 0.2) is 45.8 Å². The molecule has 0 bridgehead atoms. The second-order valence-electron chi connectivity index (χ2n) is 4.24. The van der Waals surface area contributed by atoms with Gasteiger partial charge in [0.25, 0.3) is 5.56 Å². The third kappa shape index (κ3) is 2.86. The van der Waals surface area contributed by atoms with Gasteiger partial charge < -0.3 is 4.57 Å². The second-order valence-corrected chi connectivity index (χ2v) is 5.16. The molecule has 2 nitrogen and oxygen atoms in total. The minimum Gasteiger partial charge on any atom is -0.310 e. The van der Waals surface area contributed by atoms with Crippen LogP contribution in [0.1, 0.15) is 16.7 Å². The maximum atomic E-state index is 11.7. The maximum absolute atomic E-state index is 11.7. The Bertz CT molecular complexity index is 601. The van der Waals surface area contributed by atoms with Crippen molar-refractivity contribution < 1.29 is 0 Å². The summed E-state index contributed by atoms with van der Waals surface area (Å²) in [6, 6.07) is 9.65. The number of hydrogen-bond donors (Lipinski definition) is 0. The van der Waals surface area contributed by atoms with Crippen LogP contribution in [0.25, 0.3) is 0 Å². The van der Waals surface area contributed by atoms with Gasteiger partial charge in [0.05, 0.1) is 6.54 Å². The van der Waals surface area contributed by atoms with Crippen LogP contribution in [0.2, 0.25) is 0 Å². The average Bonchev–Trinajstić information content (AvgIpc) is 2.28. The first kappa shape index (κ1) is 12.1. The minimum atomic E-state index is 0.0223. The molecule has 0 spiro atoms. The summed E-state index contributed by atoms with van der Waals surface area (Å²) in [6.45, 7) is 4.75. The summed E-state index contributed by atoms with van der Waals surface area (Å²) < 4.78 is 2.63. The predicted molar refractivity (Wildman–Crippen MR) is 73.4 cm³/mol. The van der Waals surface area contributed by atoms with Gasteiger partial charge in [0.1, 0.15) is 0 Å². The zero-order valence-electron chi connectivity index (χ0n) is 9.90. The van der Waals surface area contributed by atoms with E-state index in [9.17, 15) is 4.79 Å². The van der Waals surface area contributed by atoms with Crippen molar-refractivity contribution in [2.24, 2.45) is 0 Å². The monoisotopic (exact) mass is 291 g/mol. The number of aromatic nitrogens is 1. The molecule has 0 fully saturated rings. The molecule has 1 heterocycles. The fourth-order valence-corrected chi connectivity index (χ4v) is 2.16. The van der Waals surface area contributed by atoms with Crippen LogP contribution in [-0.2, 0) is 6.54 Å². The van der Waals surface area contributed by atoms with Crippen molar-refractivity contribution in [3.05, 3.63) is 68.0 Å². The van der Waals surface area contributed by atoms with E-state index in [0.29, 0.717) is 6.54 Å². The standard InChI is InChI=1S/C14H14BrNO/c1-10-3-4-11(2)12(7-10)8-16-9-13(15)5-6-14(16)17/h3-7,9H,8H2,1-2H3. The average molecular weight is 292 g/mol. The molecule has 2 aromatic rings. The van der Waals surface area contributed by atoms with E-state index in [4.69, 9.17) is 0 Å². The third-order valence-electron chi connectivity index (χ3n) is 2.79. The fraction of sp³-hybridized carbons (Fsp3) is 0.214. The molecule has 0 atom stereocenters. The van der Waals surface area contributed by atoms with E-state index in [-0.39, 0.29) is 5.56 Å². The van der Waals surface area contributed by atoms with E-state index in [1.54, 1.807) is 16.7 Å². The van der Waals surface area contributed by atoms with Crippen LogP contribution >= 0.6 is 15.9 Å². The quantitative estimate of drug-likeness (QED) is 0.832. The Kier molecular flexibility index (Phi) is 3.48. The van der Waals surface area contributed by atoms with Gasteiger partial charge >= 0.3 is 0 Å². The lowest BCUT2D eigenvalue weighted by atomic mass is 10.1. The number of benzene rings is 1. The molecule has 0 saturated heterocycles. The highest BCUT2D eigenvalue weighted by atomic mass is 79.9. The molecule has 0 aliphatic rings. The molecular weight excluding hydrogens is 278 g/mol. The van der Waals surface area contributed by atoms with E-state index < -0.39 is 0 Å². The lowest BCUT2D eigenvalue weighted by Gasteiger charge is -2.09. The van der Waals surface area contributed by atoms with Crippen molar-refractivity contribution >= 4 is 15.9 Å². The highest BCUT2D eigenvalue weighted by molar-refractivity contribution is 9.10. The molecule has 3 heteroatoms. The van der Waals surface area contributed by atoms with E-state index >= 15 is 0 Å². The Morgan fingerprint density at radius 3 is 2.71 bits per heavy atom. The Balaban J connectivity index is 2.41. The normalized spacial score (nSPS) is 10.5. The van der Waals surface area contributed by atoms with E-state index in [1.165, 1.54) is 16.7 Å². The molecule has 0 radical (unpaired) electrons. The molecule has 0 N–H and O–H groups in total. The van der Waals surface area contributed by atoms with Crippen LogP contribution < -0.4 is 5.56 Å². The maximum Gasteiger partial charge on any atom is 0.250 e. The summed E-state index contributed by atoms with van der Waals surface area (Å²) in [4.78, 5) is 11.7. The van der Waals surface area contributed by atoms with Gasteiger partial charge in [-0.15, -0.1) is 0 Å². The zero-order chi connectivity index (χ0) is 12.4. The zero-order valence-corrected chi connectivity index (χ0v) is 11.5. The first-order valence-corrected chi connectivity index (χ1v) is 6.28. The SMILES string of the molecule is Cc1ccc(C)c(Cn2cc(Br)ccc2=O)c1. The van der Waals surface area contributed by atoms with Crippen molar-refractivity contribution in [1.29, 1.82) is 0 Å². The lowest BCUT2D eigenvalue weighted by molar-refractivity contribution is 0.751. The Morgan fingerprint density at radius 2 is 1.94 bits per heavy atom. The van der Waals surface area contributed by atoms with Gasteiger partial charge in [-0.1, -0.05) is 23.8 Å². The Hall–Kier alpha value is -1.35. The molecular formula is C14H14BrNO. The lowest BCUT2D eigenvalue weighted by Crippen LogP contribution is -2.19.